The average molecular weight is 291 g/mol. The first-order chi connectivity index (χ1) is 10.2. The second kappa shape index (κ2) is 6.02. The average Bonchev–Trinajstić information content (AvgIpc) is 3.29. The van der Waals surface area contributed by atoms with Gasteiger partial charge in [-0.2, -0.15) is 0 Å². The highest BCUT2D eigenvalue weighted by Gasteiger charge is 2.30. The Balaban J connectivity index is 1.86. The van der Waals surface area contributed by atoms with E-state index >= 15 is 0 Å². The van der Waals surface area contributed by atoms with Gasteiger partial charge in [-0.15, -0.1) is 0 Å². The Morgan fingerprint density at radius 2 is 2.24 bits per heavy atom. The fraction of sp³-hybridized carbons (Fsp3) is 0.562. The van der Waals surface area contributed by atoms with E-state index in [2.05, 4.69) is 15.5 Å². The Morgan fingerprint density at radius 1 is 1.43 bits per heavy atom. The first-order valence-corrected chi connectivity index (χ1v) is 7.75. The van der Waals surface area contributed by atoms with Crippen molar-refractivity contribution in [2.24, 2.45) is 0 Å². The molecule has 0 spiro atoms. The summed E-state index contributed by atoms with van der Waals surface area (Å²) in [5.74, 6) is -0.157. The number of carbonyl (C=O) groups excluding carboxylic acids is 1. The highest BCUT2D eigenvalue weighted by atomic mass is 19.1. The molecule has 1 unspecified atom stereocenters. The van der Waals surface area contributed by atoms with Gasteiger partial charge in [-0.3, -0.25) is 4.79 Å². The van der Waals surface area contributed by atoms with Crippen molar-refractivity contribution >= 4 is 11.6 Å². The SMILES string of the molecule is CCC1C(=O)NCCN1c1ccc(F)cc1CNC1CC1. The number of rotatable bonds is 5. The van der Waals surface area contributed by atoms with Gasteiger partial charge in [0.1, 0.15) is 11.9 Å². The molecular weight excluding hydrogens is 269 g/mol. The normalized spacial score (nSPS) is 22.3. The summed E-state index contributed by atoms with van der Waals surface area (Å²) in [7, 11) is 0. The lowest BCUT2D eigenvalue weighted by atomic mass is 10.0. The molecule has 1 heterocycles. The third-order valence-corrected chi connectivity index (χ3v) is 4.23. The van der Waals surface area contributed by atoms with Crippen LogP contribution in [0.5, 0.6) is 0 Å². The van der Waals surface area contributed by atoms with Gasteiger partial charge >= 0.3 is 0 Å². The third-order valence-electron chi connectivity index (χ3n) is 4.23. The van der Waals surface area contributed by atoms with Gasteiger partial charge in [-0.1, -0.05) is 6.92 Å². The van der Waals surface area contributed by atoms with Crippen LogP contribution in [0.2, 0.25) is 0 Å². The van der Waals surface area contributed by atoms with Crippen LogP contribution >= 0.6 is 0 Å². The van der Waals surface area contributed by atoms with E-state index in [1.165, 1.54) is 18.9 Å². The van der Waals surface area contributed by atoms with Crippen LogP contribution in [0, 0.1) is 5.82 Å². The molecule has 0 radical (unpaired) electrons. The minimum absolute atomic E-state index is 0.0641. The molecule has 1 saturated carbocycles. The summed E-state index contributed by atoms with van der Waals surface area (Å²) in [6, 6.07) is 5.29. The van der Waals surface area contributed by atoms with Crippen LogP contribution in [0.3, 0.4) is 0 Å². The largest absolute Gasteiger partial charge is 0.357 e. The molecule has 0 aromatic heterocycles. The van der Waals surface area contributed by atoms with Crippen LogP contribution in [0.25, 0.3) is 0 Å². The van der Waals surface area contributed by atoms with Crippen LogP contribution in [0.1, 0.15) is 31.7 Å². The number of halogens is 1. The van der Waals surface area contributed by atoms with Crippen LogP contribution in [-0.2, 0) is 11.3 Å². The summed E-state index contributed by atoms with van der Waals surface area (Å²) < 4.78 is 13.6. The zero-order valence-corrected chi connectivity index (χ0v) is 12.4. The number of amides is 1. The summed E-state index contributed by atoms with van der Waals surface area (Å²) in [6.07, 6.45) is 3.15. The molecule has 5 heteroatoms. The second-order valence-electron chi connectivity index (χ2n) is 5.84. The Hall–Kier alpha value is -1.62. The molecule has 114 valence electrons. The zero-order chi connectivity index (χ0) is 14.8. The first kappa shape index (κ1) is 14.3. The van der Waals surface area contributed by atoms with E-state index in [-0.39, 0.29) is 17.8 Å². The van der Waals surface area contributed by atoms with Crippen molar-refractivity contribution in [1.29, 1.82) is 0 Å². The Bertz CT molecular complexity index is 530. The van der Waals surface area contributed by atoms with Crippen molar-refractivity contribution in [1.82, 2.24) is 10.6 Å². The summed E-state index contributed by atoms with van der Waals surface area (Å²) in [5.41, 5.74) is 1.92. The Labute approximate surface area is 124 Å². The van der Waals surface area contributed by atoms with Crippen molar-refractivity contribution in [2.75, 3.05) is 18.0 Å². The van der Waals surface area contributed by atoms with E-state index in [9.17, 15) is 9.18 Å². The Morgan fingerprint density at radius 3 is 2.95 bits per heavy atom. The quantitative estimate of drug-likeness (QED) is 0.869. The van der Waals surface area contributed by atoms with Gasteiger partial charge in [0.15, 0.2) is 0 Å². The van der Waals surface area contributed by atoms with Gasteiger partial charge in [0.2, 0.25) is 5.91 Å². The van der Waals surface area contributed by atoms with E-state index < -0.39 is 0 Å². The van der Waals surface area contributed by atoms with E-state index in [1.54, 1.807) is 12.1 Å². The fourth-order valence-corrected chi connectivity index (χ4v) is 2.93. The molecule has 2 N–H and O–H groups in total. The van der Waals surface area contributed by atoms with Crippen LogP contribution in [0.15, 0.2) is 18.2 Å². The molecule has 4 nitrogen and oxygen atoms in total. The van der Waals surface area contributed by atoms with E-state index in [0.29, 0.717) is 19.1 Å². The molecule has 1 amide bonds. The Kier molecular flexibility index (Phi) is 4.10. The van der Waals surface area contributed by atoms with Gasteiger partial charge in [0.25, 0.3) is 0 Å². The van der Waals surface area contributed by atoms with Crippen LogP contribution in [-0.4, -0.2) is 31.1 Å². The van der Waals surface area contributed by atoms with Crippen molar-refractivity contribution in [3.63, 3.8) is 0 Å². The van der Waals surface area contributed by atoms with Gasteiger partial charge in [0, 0.05) is 31.4 Å². The predicted molar refractivity (Wildman–Crippen MR) is 80.7 cm³/mol. The maximum Gasteiger partial charge on any atom is 0.242 e. The molecule has 0 bridgehead atoms. The van der Waals surface area contributed by atoms with Gasteiger partial charge in [-0.25, -0.2) is 4.39 Å². The van der Waals surface area contributed by atoms with Gasteiger partial charge < -0.3 is 15.5 Å². The fourth-order valence-electron chi connectivity index (χ4n) is 2.93. The molecule has 1 aromatic rings. The standard InChI is InChI=1S/C16H22FN3O/c1-2-14-16(21)18-7-8-20(14)15-6-3-12(17)9-11(15)10-19-13-4-5-13/h3,6,9,13-14,19H,2,4-5,7-8,10H2,1H3,(H,18,21). The maximum absolute atomic E-state index is 13.6. The molecule has 1 atom stereocenters. The monoisotopic (exact) mass is 291 g/mol. The number of anilines is 1. The summed E-state index contributed by atoms with van der Waals surface area (Å²) in [5, 5.41) is 6.33. The van der Waals surface area contributed by atoms with Crippen LogP contribution < -0.4 is 15.5 Å². The highest BCUT2D eigenvalue weighted by Crippen LogP contribution is 2.27. The van der Waals surface area contributed by atoms with Gasteiger partial charge in [0.05, 0.1) is 0 Å². The van der Waals surface area contributed by atoms with Crippen molar-refractivity contribution < 1.29 is 9.18 Å². The molecule has 2 fully saturated rings. The highest BCUT2D eigenvalue weighted by molar-refractivity contribution is 5.86. The van der Waals surface area contributed by atoms with Crippen molar-refractivity contribution in [2.45, 2.75) is 44.8 Å². The molecule has 1 aliphatic heterocycles. The maximum atomic E-state index is 13.6. The predicted octanol–water partition coefficient (Wildman–Crippen LogP) is 1.79. The van der Waals surface area contributed by atoms with E-state index in [0.717, 1.165) is 24.2 Å². The minimum Gasteiger partial charge on any atom is -0.357 e. The number of piperazine rings is 1. The molecule has 1 saturated heterocycles. The van der Waals surface area contributed by atoms with E-state index in [4.69, 9.17) is 0 Å². The lowest BCUT2D eigenvalue weighted by Crippen LogP contribution is -2.55. The van der Waals surface area contributed by atoms with Crippen molar-refractivity contribution in [3.05, 3.63) is 29.6 Å². The number of benzene rings is 1. The lowest BCUT2D eigenvalue weighted by molar-refractivity contribution is -0.123. The molecule has 21 heavy (non-hydrogen) atoms. The minimum atomic E-state index is -0.221. The molecule has 2 aliphatic rings. The number of nitrogens with zero attached hydrogens (tertiary/aromatic N) is 1. The third kappa shape index (κ3) is 3.18. The molecule has 1 aliphatic carbocycles. The summed E-state index contributed by atoms with van der Waals surface area (Å²) in [4.78, 5) is 14.1. The summed E-state index contributed by atoms with van der Waals surface area (Å²) in [6.45, 7) is 4.08. The molecule has 1 aromatic carbocycles. The summed E-state index contributed by atoms with van der Waals surface area (Å²) >= 11 is 0. The second-order valence-corrected chi connectivity index (χ2v) is 5.84. The molecular formula is C16H22FN3O. The lowest BCUT2D eigenvalue weighted by Gasteiger charge is -2.37. The topological polar surface area (TPSA) is 44.4 Å². The number of nitrogens with one attached hydrogen (secondary N) is 2. The number of carbonyl (C=O) groups is 1. The van der Waals surface area contributed by atoms with Crippen molar-refractivity contribution in [3.8, 4) is 0 Å². The zero-order valence-electron chi connectivity index (χ0n) is 12.4. The number of hydrogen-bond acceptors (Lipinski definition) is 3. The number of hydrogen-bond donors (Lipinski definition) is 2. The smallest absolute Gasteiger partial charge is 0.242 e. The molecule has 3 rings (SSSR count). The first-order valence-electron chi connectivity index (χ1n) is 7.75. The van der Waals surface area contributed by atoms with Crippen LogP contribution in [0.4, 0.5) is 10.1 Å². The van der Waals surface area contributed by atoms with Gasteiger partial charge in [-0.05, 0) is 43.0 Å². The van der Waals surface area contributed by atoms with E-state index in [1.807, 2.05) is 6.92 Å².